The van der Waals surface area contributed by atoms with Gasteiger partial charge in [0.05, 0.1) is 11.6 Å². The molecule has 6 heteroatoms. The summed E-state index contributed by atoms with van der Waals surface area (Å²) in [7, 11) is 0. The van der Waals surface area contributed by atoms with E-state index in [0.29, 0.717) is 22.4 Å². The second-order valence-electron chi connectivity index (χ2n) is 6.71. The first kappa shape index (κ1) is 19.7. The van der Waals surface area contributed by atoms with Gasteiger partial charge in [0.2, 0.25) is 0 Å². The molecule has 1 aromatic heterocycles. The molecule has 0 fully saturated rings. The largest absolute Gasteiger partial charge is 0.484 e. The van der Waals surface area contributed by atoms with E-state index in [1.165, 1.54) is 11.8 Å². The second kappa shape index (κ2) is 9.29. The van der Waals surface area contributed by atoms with Crippen LogP contribution in [-0.2, 0) is 12.4 Å². The van der Waals surface area contributed by atoms with Crippen LogP contribution in [0.1, 0.15) is 22.6 Å². The zero-order valence-corrected chi connectivity index (χ0v) is 17.2. The number of aryl methyl sites for hydroxylation is 1. The van der Waals surface area contributed by atoms with Crippen molar-refractivity contribution in [3.63, 3.8) is 0 Å². The molecule has 4 aromatic rings. The van der Waals surface area contributed by atoms with Gasteiger partial charge in [0.1, 0.15) is 5.75 Å². The van der Waals surface area contributed by atoms with Crippen LogP contribution in [0.25, 0.3) is 11.1 Å². The molecule has 0 spiro atoms. The first-order valence-corrected chi connectivity index (χ1v) is 10.4. The van der Waals surface area contributed by atoms with E-state index in [2.05, 4.69) is 28.4 Å². The van der Waals surface area contributed by atoms with E-state index in [1.54, 1.807) is 0 Å². The lowest BCUT2D eigenvalue weighted by molar-refractivity contribution is 0.252. The minimum absolute atomic E-state index is 0.240. The maximum absolute atomic E-state index is 9.28. The zero-order valence-electron chi connectivity index (χ0n) is 16.4. The van der Waals surface area contributed by atoms with Crippen molar-refractivity contribution < 1.29 is 9.15 Å². The van der Waals surface area contributed by atoms with Crippen LogP contribution in [0.15, 0.2) is 82.4 Å². The predicted octanol–water partition coefficient (Wildman–Crippen LogP) is 5.79. The number of nitriles is 1. The van der Waals surface area contributed by atoms with Gasteiger partial charge >= 0.3 is 0 Å². The van der Waals surface area contributed by atoms with Crippen LogP contribution in [0.5, 0.6) is 5.75 Å². The molecular weight excluding hydrogens is 394 g/mol. The SMILES string of the molecule is Cc1cccc(OCc2nnc(SCc3ccc(-c4ccccc4C#N)cc3)o2)c1. The van der Waals surface area contributed by atoms with Crippen molar-refractivity contribution in [1.82, 2.24) is 10.2 Å². The van der Waals surface area contributed by atoms with Gasteiger partial charge in [0.15, 0.2) is 6.61 Å². The molecule has 0 aliphatic rings. The highest BCUT2D eigenvalue weighted by molar-refractivity contribution is 7.98. The monoisotopic (exact) mass is 413 g/mol. The molecule has 0 atom stereocenters. The molecule has 0 unspecified atom stereocenters. The van der Waals surface area contributed by atoms with Crippen LogP contribution >= 0.6 is 11.8 Å². The zero-order chi connectivity index (χ0) is 20.8. The number of benzene rings is 3. The Morgan fingerprint density at radius 3 is 2.63 bits per heavy atom. The summed E-state index contributed by atoms with van der Waals surface area (Å²) in [5, 5.41) is 17.9. The summed E-state index contributed by atoms with van der Waals surface area (Å²) in [5.74, 6) is 1.93. The third-order valence-electron chi connectivity index (χ3n) is 4.47. The summed E-state index contributed by atoms with van der Waals surface area (Å²) in [6.07, 6.45) is 0. The van der Waals surface area contributed by atoms with Gasteiger partial charge in [-0.25, -0.2) is 0 Å². The maximum Gasteiger partial charge on any atom is 0.277 e. The minimum atomic E-state index is 0.240. The molecule has 0 aliphatic carbocycles. The lowest BCUT2D eigenvalue weighted by Crippen LogP contribution is -1.95. The standard InChI is InChI=1S/C24H19N3O2S/c1-17-5-4-7-21(13-17)28-15-23-26-27-24(29-23)30-16-18-9-11-19(12-10-18)22-8-3-2-6-20(22)14-25/h2-13H,15-16H2,1H3. The number of nitrogens with zero attached hydrogens (tertiary/aromatic N) is 3. The Bertz CT molecular complexity index is 1180. The van der Waals surface area contributed by atoms with Crippen molar-refractivity contribution in [1.29, 1.82) is 5.26 Å². The van der Waals surface area contributed by atoms with Crippen molar-refractivity contribution in [2.24, 2.45) is 0 Å². The highest BCUT2D eigenvalue weighted by Gasteiger charge is 2.09. The van der Waals surface area contributed by atoms with Crippen LogP contribution in [0.3, 0.4) is 0 Å². The average Bonchev–Trinajstić information content (AvgIpc) is 3.25. The fraction of sp³-hybridized carbons (Fsp3) is 0.125. The summed E-state index contributed by atoms with van der Waals surface area (Å²) < 4.78 is 11.4. The Hall–Kier alpha value is -3.56. The summed E-state index contributed by atoms with van der Waals surface area (Å²) in [5.41, 5.74) is 4.90. The van der Waals surface area contributed by atoms with E-state index >= 15 is 0 Å². The highest BCUT2D eigenvalue weighted by Crippen LogP contribution is 2.26. The Morgan fingerprint density at radius 2 is 1.83 bits per heavy atom. The summed E-state index contributed by atoms with van der Waals surface area (Å²) in [4.78, 5) is 0. The minimum Gasteiger partial charge on any atom is -0.484 e. The maximum atomic E-state index is 9.28. The van der Waals surface area contributed by atoms with Gasteiger partial charge in [-0.15, -0.1) is 10.2 Å². The first-order chi connectivity index (χ1) is 14.7. The molecule has 0 bridgehead atoms. The third-order valence-corrected chi connectivity index (χ3v) is 5.36. The number of ether oxygens (including phenoxy) is 1. The van der Waals surface area contributed by atoms with E-state index in [-0.39, 0.29) is 6.61 Å². The number of aromatic nitrogens is 2. The molecular formula is C24H19N3O2S. The average molecular weight is 414 g/mol. The van der Waals surface area contributed by atoms with Crippen LogP contribution in [0.2, 0.25) is 0 Å². The molecule has 0 N–H and O–H groups in total. The number of rotatable bonds is 7. The van der Waals surface area contributed by atoms with Crippen LogP contribution in [0.4, 0.5) is 0 Å². The summed E-state index contributed by atoms with van der Waals surface area (Å²) in [6.45, 7) is 2.26. The van der Waals surface area contributed by atoms with Crippen molar-refractivity contribution in [3.8, 4) is 22.9 Å². The first-order valence-electron chi connectivity index (χ1n) is 9.44. The van der Waals surface area contributed by atoms with Crippen LogP contribution in [-0.4, -0.2) is 10.2 Å². The van der Waals surface area contributed by atoms with Gasteiger partial charge in [-0.2, -0.15) is 5.26 Å². The highest BCUT2D eigenvalue weighted by atomic mass is 32.2. The van der Waals surface area contributed by atoms with Gasteiger partial charge in [-0.05, 0) is 47.4 Å². The second-order valence-corrected chi connectivity index (χ2v) is 7.64. The molecule has 0 saturated carbocycles. The topological polar surface area (TPSA) is 71.9 Å². The molecule has 30 heavy (non-hydrogen) atoms. The quantitative estimate of drug-likeness (QED) is 0.357. The van der Waals surface area contributed by atoms with Gasteiger partial charge < -0.3 is 9.15 Å². The fourth-order valence-electron chi connectivity index (χ4n) is 2.96. The Labute approximate surface area is 179 Å². The molecule has 3 aromatic carbocycles. The fourth-order valence-corrected chi connectivity index (χ4v) is 3.70. The van der Waals surface area contributed by atoms with E-state index < -0.39 is 0 Å². The molecule has 0 amide bonds. The lowest BCUT2D eigenvalue weighted by Gasteiger charge is -2.05. The lowest BCUT2D eigenvalue weighted by atomic mass is 10.00. The van der Waals surface area contributed by atoms with E-state index in [4.69, 9.17) is 9.15 Å². The smallest absolute Gasteiger partial charge is 0.277 e. The van der Waals surface area contributed by atoms with E-state index in [0.717, 1.165) is 28.0 Å². The van der Waals surface area contributed by atoms with E-state index in [9.17, 15) is 5.26 Å². The molecule has 148 valence electrons. The molecule has 5 nitrogen and oxygen atoms in total. The third kappa shape index (κ3) is 4.88. The molecule has 1 heterocycles. The number of thioether (sulfide) groups is 1. The van der Waals surface area contributed by atoms with Gasteiger partial charge in [0, 0.05) is 5.75 Å². The predicted molar refractivity (Wildman–Crippen MR) is 116 cm³/mol. The van der Waals surface area contributed by atoms with Gasteiger partial charge in [-0.1, -0.05) is 66.4 Å². The summed E-state index contributed by atoms with van der Waals surface area (Å²) >= 11 is 1.48. The Morgan fingerprint density at radius 1 is 1.00 bits per heavy atom. The molecule has 0 saturated heterocycles. The number of hydrogen-bond acceptors (Lipinski definition) is 6. The Balaban J connectivity index is 1.33. The van der Waals surface area contributed by atoms with Crippen molar-refractivity contribution in [2.75, 3.05) is 0 Å². The van der Waals surface area contributed by atoms with Gasteiger partial charge in [0.25, 0.3) is 11.1 Å². The molecule has 0 aliphatic heterocycles. The van der Waals surface area contributed by atoms with Crippen molar-refractivity contribution in [3.05, 3.63) is 95.4 Å². The van der Waals surface area contributed by atoms with Crippen molar-refractivity contribution >= 4 is 11.8 Å². The summed E-state index contributed by atoms with van der Waals surface area (Å²) in [6, 6.07) is 25.8. The Kier molecular flexibility index (Phi) is 6.11. The van der Waals surface area contributed by atoms with Gasteiger partial charge in [-0.3, -0.25) is 0 Å². The van der Waals surface area contributed by atoms with Crippen LogP contribution in [0, 0.1) is 18.3 Å². The number of hydrogen-bond donors (Lipinski definition) is 0. The van der Waals surface area contributed by atoms with Crippen LogP contribution < -0.4 is 4.74 Å². The molecule has 4 rings (SSSR count). The molecule has 0 radical (unpaired) electrons. The van der Waals surface area contributed by atoms with E-state index in [1.807, 2.05) is 67.6 Å². The normalized spacial score (nSPS) is 10.5. The van der Waals surface area contributed by atoms with Crippen molar-refractivity contribution in [2.45, 2.75) is 24.5 Å².